The molecule has 5 rings (SSSR count). The maximum atomic E-state index is 13.4. The van der Waals surface area contributed by atoms with Crippen LogP contribution in [0.3, 0.4) is 0 Å². The van der Waals surface area contributed by atoms with Gasteiger partial charge in [-0.05, 0) is 62.6 Å². The SMILES string of the molecule is COc1cccc(-c2nc(C3CCCN(C(=O)c4ccc(C)cc4C)C3)n3ccccc23)c1. The van der Waals surface area contributed by atoms with Crippen molar-refractivity contribution in [2.24, 2.45) is 0 Å². The Kier molecular flexibility index (Phi) is 5.63. The van der Waals surface area contributed by atoms with E-state index >= 15 is 0 Å². The van der Waals surface area contributed by atoms with Gasteiger partial charge in [0.05, 0.1) is 18.3 Å². The normalized spacial score (nSPS) is 16.2. The fourth-order valence-corrected chi connectivity index (χ4v) is 4.93. The lowest BCUT2D eigenvalue weighted by atomic mass is 9.95. The Bertz CT molecular complexity index is 1320. The first-order chi connectivity index (χ1) is 16.0. The highest BCUT2D eigenvalue weighted by molar-refractivity contribution is 5.95. The molecule has 2 aromatic heterocycles. The monoisotopic (exact) mass is 439 g/mol. The summed E-state index contributed by atoms with van der Waals surface area (Å²) < 4.78 is 7.62. The van der Waals surface area contributed by atoms with Crippen LogP contribution in [-0.4, -0.2) is 40.4 Å². The van der Waals surface area contributed by atoms with Gasteiger partial charge in [-0.2, -0.15) is 0 Å². The number of fused-ring (bicyclic) bond motifs is 1. The van der Waals surface area contributed by atoms with Gasteiger partial charge >= 0.3 is 0 Å². The smallest absolute Gasteiger partial charge is 0.254 e. The average Bonchev–Trinajstić information content (AvgIpc) is 3.24. The second-order valence-electron chi connectivity index (χ2n) is 8.92. The number of nitrogens with zero attached hydrogens (tertiary/aromatic N) is 3. The van der Waals surface area contributed by atoms with Crippen molar-refractivity contribution in [1.82, 2.24) is 14.3 Å². The molecule has 0 aliphatic carbocycles. The molecule has 0 bridgehead atoms. The van der Waals surface area contributed by atoms with Crippen LogP contribution in [0.5, 0.6) is 5.75 Å². The molecule has 0 saturated carbocycles. The van der Waals surface area contributed by atoms with E-state index in [1.807, 2.05) is 54.3 Å². The fourth-order valence-electron chi connectivity index (χ4n) is 4.93. The molecule has 0 radical (unpaired) electrons. The number of likely N-dealkylation sites (tertiary alicyclic amines) is 1. The third kappa shape index (κ3) is 3.99. The number of rotatable bonds is 4. The molecule has 1 unspecified atom stereocenters. The molecule has 1 fully saturated rings. The topological polar surface area (TPSA) is 46.8 Å². The van der Waals surface area contributed by atoms with Gasteiger partial charge in [0.25, 0.3) is 5.91 Å². The minimum absolute atomic E-state index is 0.117. The number of hydrogen-bond donors (Lipinski definition) is 0. The Morgan fingerprint density at radius 3 is 2.76 bits per heavy atom. The summed E-state index contributed by atoms with van der Waals surface area (Å²) in [5.74, 6) is 2.13. The van der Waals surface area contributed by atoms with E-state index in [0.717, 1.165) is 58.9 Å². The van der Waals surface area contributed by atoms with Crippen molar-refractivity contribution >= 4 is 11.4 Å². The number of aromatic nitrogens is 2. The molecular formula is C28H29N3O2. The van der Waals surface area contributed by atoms with Crippen LogP contribution in [0.25, 0.3) is 16.8 Å². The van der Waals surface area contributed by atoms with Crippen LogP contribution in [0.1, 0.15) is 46.1 Å². The van der Waals surface area contributed by atoms with Crippen LogP contribution in [0, 0.1) is 13.8 Å². The summed E-state index contributed by atoms with van der Waals surface area (Å²) >= 11 is 0. The fraction of sp³-hybridized carbons (Fsp3) is 0.286. The summed E-state index contributed by atoms with van der Waals surface area (Å²) in [7, 11) is 1.68. The number of pyridine rings is 1. The highest BCUT2D eigenvalue weighted by atomic mass is 16.5. The summed E-state index contributed by atoms with van der Waals surface area (Å²) in [6, 6.07) is 20.3. The number of hydrogen-bond acceptors (Lipinski definition) is 3. The molecule has 1 aliphatic rings. The largest absolute Gasteiger partial charge is 0.497 e. The van der Waals surface area contributed by atoms with Crippen molar-refractivity contribution in [2.75, 3.05) is 20.2 Å². The van der Waals surface area contributed by atoms with Crippen molar-refractivity contribution in [3.63, 3.8) is 0 Å². The van der Waals surface area contributed by atoms with Gasteiger partial charge in [-0.15, -0.1) is 0 Å². The Balaban J connectivity index is 1.49. The van der Waals surface area contributed by atoms with Crippen LogP contribution in [0.15, 0.2) is 66.9 Å². The molecule has 0 N–H and O–H groups in total. The minimum atomic E-state index is 0.117. The zero-order valence-electron chi connectivity index (χ0n) is 19.4. The molecule has 3 heterocycles. The molecule has 1 saturated heterocycles. The number of aryl methyl sites for hydroxylation is 2. The predicted molar refractivity (Wildman–Crippen MR) is 131 cm³/mol. The number of carbonyl (C=O) groups excluding carboxylic acids is 1. The lowest BCUT2D eigenvalue weighted by Gasteiger charge is -2.32. The molecule has 5 heteroatoms. The van der Waals surface area contributed by atoms with Crippen molar-refractivity contribution in [1.29, 1.82) is 0 Å². The van der Waals surface area contributed by atoms with E-state index in [0.29, 0.717) is 6.54 Å². The van der Waals surface area contributed by atoms with Crippen LogP contribution < -0.4 is 4.74 Å². The van der Waals surface area contributed by atoms with Gasteiger partial charge in [0.1, 0.15) is 11.6 Å². The number of imidazole rings is 1. The number of benzene rings is 2. The molecule has 168 valence electrons. The van der Waals surface area contributed by atoms with Gasteiger partial charge in [-0.1, -0.05) is 35.9 Å². The van der Waals surface area contributed by atoms with Gasteiger partial charge in [0.2, 0.25) is 0 Å². The van der Waals surface area contributed by atoms with Crippen molar-refractivity contribution in [2.45, 2.75) is 32.6 Å². The van der Waals surface area contributed by atoms with Crippen LogP contribution in [-0.2, 0) is 0 Å². The maximum absolute atomic E-state index is 13.4. The lowest BCUT2D eigenvalue weighted by molar-refractivity contribution is 0.0703. The maximum Gasteiger partial charge on any atom is 0.254 e. The molecule has 4 aromatic rings. The van der Waals surface area contributed by atoms with E-state index in [-0.39, 0.29) is 11.8 Å². The second-order valence-corrected chi connectivity index (χ2v) is 8.92. The van der Waals surface area contributed by atoms with E-state index in [2.05, 4.69) is 35.7 Å². The number of amides is 1. The van der Waals surface area contributed by atoms with Gasteiger partial charge < -0.3 is 14.0 Å². The molecule has 2 aromatic carbocycles. The lowest BCUT2D eigenvalue weighted by Crippen LogP contribution is -2.39. The van der Waals surface area contributed by atoms with Crippen LogP contribution in [0.2, 0.25) is 0 Å². The van der Waals surface area contributed by atoms with Crippen molar-refractivity contribution in [3.05, 3.63) is 89.4 Å². The van der Waals surface area contributed by atoms with Gasteiger partial charge in [-0.25, -0.2) is 4.98 Å². The molecule has 1 aliphatic heterocycles. The van der Waals surface area contributed by atoms with Gasteiger partial charge in [-0.3, -0.25) is 4.79 Å². The summed E-state index contributed by atoms with van der Waals surface area (Å²) in [6.07, 6.45) is 4.06. The number of ether oxygens (including phenoxy) is 1. The van der Waals surface area contributed by atoms with Crippen molar-refractivity contribution in [3.8, 4) is 17.0 Å². The predicted octanol–water partition coefficient (Wildman–Crippen LogP) is 5.65. The minimum Gasteiger partial charge on any atom is -0.497 e. The summed E-state index contributed by atoms with van der Waals surface area (Å²) in [6.45, 7) is 5.54. The highest BCUT2D eigenvalue weighted by Crippen LogP contribution is 2.33. The molecule has 0 spiro atoms. The average molecular weight is 440 g/mol. The molecule has 1 atom stereocenters. The Morgan fingerprint density at radius 1 is 1.06 bits per heavy atom. The molecular weight excluding hydrogens is 410 g/mol. The Labute approximate surface area is 194 Å². The number of piperidine rings is 1. The molecule has 5 nitrogen and oxygen atoms in total. The van der Waals surface area contributed by atoms with Crippen LogP contribution >= 0.6 is 0 Å². The van der Waals surface area contributed by atoms with E-state index in [9.17, 15) is 4.79 Å². The number of carbonyl (C=O) groups is 1. The van der Waals surface area contributed by atoms with Crippen molar-refractivity contribution < 1.29 is 9.53 Å². The first-order valence-corrected chi connectivity index (χ1v) is 11.5. The van der Waals surface area contributed by atoms with Crippen LogP contribution in [0.4, 0.5) is 0 Å². The standard InChI is InChI=1S/C28H29N3O2/c1-19-12-13-24(20(2)16-19)28(32)30-14-7-9-22(18-30)27-29-26(25-11-4-5-15-31(25)27)21-8-6-10-23(17-21)33-3/h4-6,8,10-13,15-17,22H,7,9,14,18H2,1-3H3. The zero-order valence-corrected chi connectivity index (χ0v) is 19.4. The second kappa shape index (κ2) is 8.74. The summed E-state index contributed by atoms with van der Waals surface area (Å²) in [4.78, 5) is 20.5. The third-order valence-corrected chi connectivity index (χ3v) is 6.60. The Hall–Kier alpha value is -3.60. The number of methoxy groups -OCH3 is 1. The third-order valence-electron chi connectivity index (χ3n) is 6.60. The van der Waals surface area contributed by atoms with Gasteiger partial charge in [0, 0.05) is 36.3 Å². The summed E-state index contributed by atoms with van der Waals surface area (Å²) in [5.41, 5.74) is 6.05. The zero-order chi connectivity index (χ0) is 22.9. The van der Waals surface area contributed by atoms with E-state index in [1.165, 1.54) is 5.56 Å². The first kappa shape index (κ1) is 21.3. The summed E-state index contributed by atoms with van der Waals surface area (Å²) in [5, 5.41) is 0. The van der Waals surface area contributed by atoms with Gasteiger partial charge in [0.15, 0.2) is 0 Å². The molecule has 1 amide bonds. The van der Waals surface area contributed by atoms with E-state index in [4.69, 9.17) is 9.72 Å². The highest BCUT2D eigenvalue weighted by Gasteiger charge is 2.29. The van der Waals surface area contributed by atoms with E-state index < -0.39 is 0 Å². The first-order valence-electron chi connectivity index (χ1n) is 11.5. The Morgan fingerprint density at radius 2 is 1.94 bits per heavy atom. The molecule has 33 heavy (non-hydrogen) atoms. The quantitative estimate of drug-likeness (QED) is 0.413. The van der Waals surface area contributed by atoms with E-state index in [1.54, 1.807) is 7.11 Å².